The number of rotatable bonds is 2. The molecule has 1 aromatic heterocycles. The van der Waals surface area contributed by atoms with Crippen molar-refractivity contribution in [2.45, 2.75) is 27.2 Å². The van der Waals surface area contributed by atoms with Crippen LogP contribution in [0.4, 0.5) is 5.69 Å². The van der Waals surface area contributed by atoms with Gasteiger partial charge in [-0.25, -0.2) is 0 Å². The highest BCUT2D eigenvalue weighted by Gasteiger charge is 2.10. The molecule has 1 aromatic carbocycles. The van der Waals surface area contributed by atoms with Crippen molar-refractivity contribution in [3.8, 4) is 5.69 Å². The third kappa shape index (κ3) is 1.64. The van der Waals surface area contributed by atoms with Crippen molar-refractivity contribution in [1.29, 1.82) is 0 Å². The number of benzene rings is 1. The minimum absolute atomic E-state index is 0.762. The van der Waals surface area contributed by atoms with E-state index in [0.29, 0.717) is 0 Å². The molecule has 16 heavy (non-hydrogen) atoms. The van der Waals surface area contributed by atoms with Crippen LogP contribution in [0, 0.1) is 13.8 Å². The largest absolute Gasteiger partial charge is 0.398 e. The van der Waals surface area contributed by atoms with Crippen LogP contribution in [0.15, 0.2) is 12.1 Å². The van der Waals surface area contributed by atoms with Gasteiger partial charge in [-0.05, 0) is 41.5 Å². The van der Waals surface area contributed by atoms with E-state index in [1.807, 2.05) is 32.9 Å². The van der Waals surface area contributed by atoms with Gasteiger partial charge in [-0.1, -0.05) is 13.0 Å². The molecule has 2 rings (SSSR count). The molecule has 0 aliphatic rings. The van der Waals surface area contributed by atoms with Gasteiger partial charge in [-0.2, -0.15) is 4.68 Å². The maximum absolute atomic E-state index is 5.91. The first-order valence-electron chi connectivity index (χ1n) is 5.27. The summed E-state index contributed by atoms with van der Waals surface area (Å²) in [6, 6.07) is 3.96. The molecule has 2 N–H and O–H groups in total. The van der Waals surface area contributed by atoms with Crippen LogP contribution >= 0.6 is 0 Å². The molecule has 0 aliphatic carbocycles. The molecule has 0 atom stereocenters. The zero-order valence-corrected chi connectivity index (χ0v) is 9.73. The molecule has 1 heterocycles. The van der Waals surface area contributed by atoms with E-state index < -0.39 is 0 Å². The number of hydrogen-bond acceptors (Lipinski definition) is 4. The number of nitrogens with zero attached hydrogens (tertiary/aromatic N) is 4. The Morgan fingerprint density at radius 3 is 2.69 bits per heavy atom. The van der Waals surface area contributed by atoms with Gasteiger partial charge in [-0.3, -0.25) is 0 Å². The molecule has 0 radical (unpaired) electrons. The first-order chi connectivity index (χ1) is 7.63. The Hall–Kier alpha value is -1.91. The quantitative estimate of drug-likeness (QED) is 0.772. The van der Waals surface area contributed by atoms with Gasteiger partial charge in [0.05, 0.1) is 5.69 Å². The molecule has 5 heteroatoms. The molecule has 0 amide bonds. The molecule has 0 saturated carbocycles. The average molecular weight is 217 g/mol. The minimum Gasteiger partial charge on any atom is -0.398 e. The van der Waals surface area contributed by atoms with Crippen LogP contribution in [-0.4, -0.2) is 20.2 Å². The van der Waals surface area contributed by atoms with Crippen molar-refractivity contribution in [2.24, 2.45) is 0 Å². The Morgan fingerprint density at radius 2 is 2.00 bits per heavy atom. The van der Waals surface area contributed by atoms with Crippen LogP contribution in [0.3, 0.4) is 0 Å². The zero-order chi connectivity index (χ0) is 11.7. The molecule has 0 aliphatic heterocycles. The van der Waals surface area contributed by atoms with Gasteiger partial charge in [-0.15, -0.1) is 5.10 Å². The molecular formula is C11H15N5. The van der Waals surface area contributed by atoms with E-state index in [2.05, 4.69) is 15.5 Å². The predicted molar refractivity (Wildman–Crippen MR) is 62.4 cm³/mol. The molecule has 84 valence electrons. The fourth-order valence-electron chi connectivity index (χ4n) is 1.70. The van der Waals surface area contributed by atoms with Gasteiger partial charge < -0.3 is 5.73 Å². The monoisotopic (exact) mass is 217 g/mol. The summed E-state index contributed by atoms with van der Waals surface area (Å²) in [5.74, 6) is 0.839. The first-order valence-corrected chi connectivity index (χ1v) is 5.27. The Kier molecular flexibility index (Phi) is 2.60. The SMILES string of the molecule is CCc1nnnn1-c1cc(N)c(C)cc1C. The van der Waals surface area contributed by atoms with E-state index in [4.69, 9.17) is 5.73 Å². The highest BCUT2D eigenvalue weighted by atomic mass is 15.5. The molecule has 5 nitrogen and oxygen atoms in total. The van der Waals surface area contributed by atoms with Crippen LogP contribution in [0.1, 0.15) is 23.9 Å². The standard InChI is InChI=1S/C11H15N5/c1-4-11-13-14-15-16(11)10-6-9(12)7(2)5-8(10)3/h5-6H,4,12H2,1-3H3. The summed E-state index contributed by atoms with van der Waals surface area (Å²) in [4.78, 5) is 0. The maximum atomic E-state index is 5.91. The third-order valence-electron chi connectivity index (χ3n) is 2.66. The summed E-state index contributed by atoms with van der Waals surface area (Å²) in [5, 5.41) is 11.6. The minimum atomic E-state index is 0.762. The first kappa shape index (κ1) is 10.6. The lowest BCUT2D eigenvalue weighted by Gasteiger charge is -2.10. The zero-order valence-electron chi connectivity index (χ0n) is 9.73. The number of hydrogen-bond donors (Lipinski definition) is 1. The summed E-state index contributed by atoms with van der Waals surface area (Å²) < 4.78 is 1.74. The highest BCUT2D eigenvalue weighted by Crippen LogP contribution is 2.21. The van der Waals surface area contributed by atoms with Gasteiger partial charge in [0.1, 0.15) is 0 Å². The van der Waals surface area contributed by atoms with Gasteiger partial charge in [0.2, 0.25) is 0 Å². The number of nitrogens with two attached hydrogens (primary N) is 1. The number of anilines is 1. The maximum Gasteiger partial charge on any atom is 0.156 e. The van der Waals surface area contributed by atoms with E-state index in [1.54, 1.807) is 4.68 Å². The molecule has 0 unspecified atom stereocenters. The van der Waals surface area contributed by atoms with E-state index >= 15 is 0 Å². The second-order valence-electron chi connectivity index (χ2n) is 3.86. The Morgan fingerprint density at radius 1 is 1.25 bits per heavy atom. The van der Waals surface area contributed by atoms with Crippen molar-refractivity contribution in [3.05, 3.63) is 29.1 Å². The topological polar surface area (TPSA) is 69.6 Å². The van der Waals surface area contributed by atoms with Crippen LogP contribution in [-0.2, 0) is 6.42 Å². The fraction of sp³-hybridized carbons (Fsp3) is 0.364. The number of tetrazole rings is 1. The predicted octanol–water partition coefficient (Wildman–Crippen LogP) is 1.42. The number of aromatic nitrogens is 4. The van der Waals surface area contributed by atoms with E-state index in [-0.39, 0.29) is 0 Å². The van der Waals surface area contributed by atoms with E-state index in [1.165, 1.54) is 0 Å². The second-order valence-corrected chi connectivity index (χ2v) is 3.86. The lowest BCUT2D eigenvalue weighted by atomic mass is 10.1. The summed E-state index contributed by atoms with van der Waals surface area (Å²) in [6.07, 6.45) is 0.792. The van der Waals surface area contributed by atoms with Gasteiger partial charge >= 0.3 is 0 Å². The molecule has 0 spiro atoms. The summed E-state index contributed by atoms with van der Waals surface area (Å²) in [6.45, 7) is 6.05. The smallest absolute Gasteiger partial charge is 0.156 e. The number of aryl methyl sites for hydroxylation is 3. The Balaban J connectivity index is 2.60. The molecule has 0 bridgehead atoms. The van der Waals surface area contributed by atoms with Gasteiger partial charge in [0.25, 0.3) is 0 Å². The van der Waals surface area contributed by atoms with Crippen molar-refractivity contribution in [3.63, 3.8) is 0 Å². The summed E-state index contributed by atoms with van der Waals surface area (Å²) in [5.41, 5.74) is 9.81. The van der Waals surface area contributed by atoms with Crippen LogP contribution < -0.4 is 5.73 Å². The van der Waals surface area contributed by atoms with Crippen molar-refractivity contribution < 1.29 is 0 Å². The fourth-order valence-corrected chi connectivity index (χ4v) is 1.70. The molecule has 2 aromatic rings. The molecule has 0 fully saturated rings. The van der Waals surface area contributed by atoms with Gasteiger partial charge in [0, 0.05) is 12.1 Å². The van der Waals surface area contributed by atoms with Crippen molar-refractivity contribution >= 4 is 5.69 Å². The third-order valence-corrected chi connectivity index (χ3v) is 2.66. The van der Waals surface area contributed by atoms with Crippen LogP contribution in [0.5, 0.6) is 0 Å². The van der Waals surface area contributed by atoms with Crippen molar-refractivity contribution in [1.82, 2.24) is 20.2 Å². The van der Waals surface area contributed by atoms with Crippen molar-refractivity contribution in [2.75, 3.05) is 5.73 Å². The highest BCUT2D eigenvalue weighted by molar-refractivity contribution is 5.57. The normalized spacial score (nSPS) is 10.7. The molecular weight excluding hydrogens is 202 g/mol. The lowest BCUT2D eigenvalue weighted by Crippen LogP contribution is -2.05. The Bertz CT molecular complexity index is 515. The van der Waals surface area contributed by atoms with E-state index in [0.717, 1.165) is 34.7 Å². The number of nitrogen functional groups attached to an aromatic ring is 1. The molecule has 0 saturated heterocycles. The van der Waals surface area contributed by atoms with Crippen LogP contribution in [0.2, 0.25) is 0 Å². The average Bonchev–Trinajstić information content (AvgIpc) is 2.71. The van der Waals surface area contributed by atoms with Gasteiger partial charge in [0.15, 0.2) is 5.82 Å². The van der Waals surface area contributed by atoms with Crippen LogP contribution in [0.25, 0.3) is 5.69 Å². The second kappa shape index (κ2) is 3.92. The summed E-state index contributed by atoms with van der Waals surface area (Å²) in [7, 11) is 0. The Labute approximate surface area is 94.3 Å². The van der Waals surface area contributed by atoms with E-state index in [9.17, 15) is 0 Å². The summed E-state index contributed by atoms with van der Waals surface area (Å²) >= 11 is 0. The lowest BCUT2D eigenvalue weighted by molar-refractivity contribution is 0.762.